The van der Waals surface area contributed by atoms with Crippen LogP contribution < -0.4 is 21.7 Å². The Balaban J connectivity index is 1.34. The van der Waals surface area contributed by atoms with Crippen LogP contribution in [0, 0.1) is 40.9 Å². The van der Waals surface area contributed by atoms with Gasteiger partial charge in [-0.05, 0) is 74.5 Å². The third-order valence-electron chi connectivity index (χ3n) is 11.4. The molecular formula is C32H50N4O5. The molecule has 9 nitrogen and oxygen atoms in total. The average Bonchev–Trinajstić information content (AvgIpc) is 3.78. The molecule has 0 aliphatic heterocycles. The molecule has 41 heavy (non-hydrogen) atoms. The summed E-state index contributed by atoms with van der Waals surface area (Å²) in [6.45, 7) is 6.35. The summed E-state index contributed by atoms with van der Waals surface area (Å²) in [5, 5.41) is 9.16. The molecule has 4 amide bonds. The maximum atomic E-state index is 14.4. The molecule has 228 valence electrons. The zero-order valence-electron chi connectivity index (χ0n) is 25.1. The first-order chi connectivity index (χ1) is 19.4. The molecule has 0 aromatic heterocycles. The van der Waals surface area contributed by atoms with Gasteiger partial charge in [0, 0.05) is 11.5 Å². The third-order valence-corrected chi connectivity index (χ3v) is 11.4. The number of Topliss-reactive ketones (excluding diaryl/α,β-unsaturated/α-hetero) is 2. The zero-order valence-corrected chi connectivity index (χ0v) is 25.1. The predicted octanol–water partition coefficient (Wildman–Crippen LogP) is 3.77. The van der Waals surface area contributed by atoms with Gasteiger partial charge in [-0.3, -0.25) is 19.2 Å². The van der Waals surface area contributed by atoms with E-state index in [2.05, 4.69) is 36.7 Å². The van der Waals surface area contributed by atoms with E-state index >= 15 is 0 Å². The molecule has 5 fully saturated rings. The van der Waals surface area contributed by atoms with Crippen LogP contribution in [0.3, 0.4) is 0 Å². The minimum Gasteiger partial charge on any atom is -0.363 e. The molecule has 0 aromatic carbocycles. The molecule has 0 aromatic rings. The van der Waals surface area contributed by atoms with E-state index in [0.717, 1.165) is 70.6 Å². The fourth-order valence-electron chi connectivity index (χ4n) is 8.65. The Kier molecular flexibility index (Phi) is 8.55. The highest BCUT2D eigenvalue weighted by Crippen LogP contribution is 2.71. The van der Waals surface area contributed by atoms with Gasteiger partial charge in [-0.2, -0.15) is 0 Å². The lowest BCUT2D eigenvalue weighted by atomic mass is 9.74. The summed E-state index contributed by atoms with van der Waals surface area (Å²) in [5.74, 6) is -2.68. The fraction of sp³-hybridized carbons (Fsp3) is 0.844. The van der Waals surface area contributed by atoms with Gasteiger partial charge in [0.25, 0.3) is 5.91 Å². The summed E-state index contributed by atoms with van der Waals surface area (Å²) in [5.41, 5.74) is 4.98. The smallest absolute Gasteiger partial charge is 0.315 e. The van der Waals surface area contributed by atoms with Crippen molar-refractivity contribution in [3.05, 3.63) is 0 Å². The Bertz CT molecular complexity index is 1060. The van der Waals surface area contributed by atoms with Crippen molar-refractivity contribution in [2.45, 2.75) is 128 Å². The van der Waals surface area contributed by atoms with Crippen LogP contribution >= 0.6 is 0 Å². The molecule has 0 radical (unpaired) electrons. The second-order valence-corrected chi connectivity index (χ2v) is 14.8. The van der Waals surface area contributed by atoms with Crippen molar-refractivity contribution in [2.75, 3.05) is 0 Å². The normalized spacial score (nSPS) is 31.7. The molecule has 5 rings (SSSR count). The molecule has 0 bridgehead atoms. The first-order valence-electron chi connectivity index (χ1n) is 16.2. The van der Waals surface area contributed by atoms with E-state index in [1.54, 1.807) is 0 Å². The van der Waals surface area contributed by atoms with Crippen molar-refractivity contribution in [1.29, 1.82) is 0 Å². The van der Waals surface area contributed by atoms with E-state index in [4.69, 9.17) is 5.73 Å². The van der Waals surface area contributed by atoms with Gasteiger partial charge < -0.3 is 21.7 Å². The minimum absolute atomic E-state index is 0.0312. The summed E-state index contributed by atoms with van der Waals surface area (Å²) in [6.07, 6.45) is 13.1. The zero-order chi connectivity index (χ0) is 29.5. The van der Waals surface area contributed by atoms with Gasteiger partial charge in [-0.25, -0.2) is 4.79 Å². The molecule has 9 heteroatoms. The first kappa shape index (κ1) is 30.0. The van der Waals surface area contributed by atoms with Gasteiger partial charge >= 0.3 is 6.03 Å². The lowest BCUT2D eigenvalue weighted by Gasteiger charge is -2.37. The number of carbonyl (C=O) groups excluding carboxylic acids is 5. The van der Waals surface area contributed by atoms with Gasteiger partial charge in [-0.1, -0.05) is 65.2 Å². The van der Waals surface area contributed by atoms with Crippen molar-refractivity contribution < 1.29 is 24.0 Å². The van der Waals surface area contributed by atoms with Crippen LogP contribution in [0.1, 0.15) is 111 Å². The van der Waals surface area contributed by atoms with Crippen molar-refractivity contribution in [3.63, 3.8) is 0 Å². The summed E-state index contributed by atoms with van der Waals surface area (Å²) in [7, 11) is 0. The lowest BCUT2D eigenvalue weighted by molar-refractivity contribution is -0.140. The summed E-state index contributed by atoms with van der Waals surface area (Å²) < 4.78 is 0. The average molecular weight is 571 g/mol. The first-order valence-corrected chi connectivity index (χ1v) is 16.2. The topological polar surface area (TPSA) is 147 Å². The minimum atomic E-state index is -1.04. The Morgan fingerprint density at radius 1 is 0.854 bits per heavy atom. The Hall–Kier alpha value is -2.45. The van der Waals surface area contributed by atoms with Crippen LogP contribution in [-0.2, 0) is 19.2 Å². The van der Waals surface area contributed by atoms with Gasteiger partial charge in [0.05, 0.1) is 18.0 Å². The maximum Gasteiger partial charge on any atom is 0.315 e. The van der Waals surface area contributed by atoms with Crippen LogP contribution in [0.5, 0.6) is 0 Å². The molecule has 5 saturated carbocycles. The van der Waals surface area contributed by atoms with Crippen molar-refractivity contribution in [1.82, 2.24) is 16.0 Å². The Morgan fingerprint density at radius 3 is 2.10 bits per heavy atom. The lowest BCUT2D eigenvalue weighted by Crippen LogP contribution is -2.58. The second-order valence-electron chi connectivity index (χ2n) is 14.8. The highest BCUT2D eigenvalue weighted by molar-refractivity contribution is 6.37. The molecule has 5 aliphatic rings. The largest absolute Gasteiger partial charge is 0.363 e. The number of urea groups is 1. The quantitative estimate of drug-likeness (QED) is 0.279. The van der Waals surface area contributed by atoms with Crippen molar-refractivity contribution in [2.24, 2.45) is 46.7 Å². The van der Waals surface area contributed by atoms with Crippen LogP contribution in [0.2, 0.25) is 0 Å². The molecule has 5 aliphatic carbocycles. The van der Waals surface area contributed by atoms with Gasteiger partial charge in [0.2, 0.25) is 11.7 Å². The summed E-state index contributed by atoms with van der Waals surface area (Å²) in [6, 6.07) is -1.88. The maximum absolute atomic E-state index is 14.4. The molecule has 0 spiro atoms. The summed E-state index contributed by atoms with van der Waals surface area (Å²) in [4.78, 5) is 66.0. The van der Waals surface area contributed by atoms with E-state index in [0.29, 0.717) is 18.8 Å². The molecule has 2 unspecified atom stereocenters. The van der Waals surface area contributed by atoms with Crippen molar-refractivity contribution >= 4 is 29.4 Å². The van der Waals surface area contributed by atoms with Crippen LogP contribution in [0.25, 0.3) is 0 Å². The molecular weight excluding hydrogens is 520 g/mol. The monoisotopic (exact) mass is 570 g/mol. The number of hydrogen-bond acceptors (Lipinski definition) is 5. The predicted molar refractivity (Wildman–Crippen MR) is 154 cm³/mol. The Morgan fingerprint density at radius 2 is 1.49 bits per heavy atom. The molecule has 5 N–H and O–H groups in total. The van der Waals surface area contributed by atoms with E-state index < -0.39 is 35.6 Å². The number of nitrogens with one attached hydrogen (secondary N) is 3. The third kappa shape index (κ3) is 6.48. The molecule has 6 atom stereocenters. The van der Waals surface area contributed by atoms with Crippen LogP contribution in [-0.4, -0.2) is 47.0 Å². The second kappa shape index (κ2) is 11.7. The summed E-state index contributed by atoms with van der Waals surface area (Å²) >= 11 is 0. The number of nitrogens with two attached hydrogens (primary N) is 1. The van der Waals surface area contributed by atoms with Crippen LogP contribution in [0.4, 0.5) is 4.79 Å². The number of amides is 4. The van der Waals surface area contributed by atoms with Gasteiger partial charge in [0.15, 0.2) is 5.78 Å². The number of carbonyl (C=O) groups is 5. The molecule has 0 heterocycles. The Labute approximate surface area is 244 Å². The van der Waals surface area contributed by atoms with Gasteiger partial charge in [-0.15, -0.1) is 0 Å². The fourth-order valence-corrected chi connectivity index (χ4v) is 8.65. The number of hydrogen-bond donors (Lipinski definition) is 4. The molecule has 0 saturated heterocycles. The number of primary amides is 1. The van der Waals surface area contributed by atoms with Crippen molar-refractivity contribution in [3.8, 4) is 0 Å². The highest BCUT2D eigenvalue weighted by atomic mass is 16.2. The standard InChI is InChI=1S/C32H50N4O5/c1-31(2)21-17-20(23(24(21)31)29(40)34-22(16-18-12-13-18)27(38)28(33)39)26(37)25(19-10-6-4-7-11-19)35-30(41)36-32(3)14-8-5-9-15-32/h18-25H,4-17H2,1-3H3,(H2,33,39)(H,34,40)(H2,35,36,41)/t20?,21-,22?,23-,24-,25-/m0/s1. The number of ketones is 2. The van der Waals surface area contributed by atoms with E-state index in [1.807, 2.05) is 0 Å². The van der Waals surface area contributed by atoms with E-state index in [-0.39, 0.29) is 46.4 Å². The number of rotatable bonds is 11. The van der Waals surface area contributed by atoms with E-state index in [9.17, 15) is 24.0 Å². The number of fused-ring (bicyclic) bond motifs is 1. The SMILES string of the molecule is CC1(NC(=O)N[C@H](C(=O)C2C[C@H]3[C@@H]([C@H]2C(=O)NC(CC2CC2)C(=O)C(N)=O)C3(C)C)C2CCCCC2)CCCCC1. The van der Waals surface area contributed by atoms with E-state index in [1.165, 1.54) is 6.42 Å². The highest BCUT2D eigenvalue weighted by Gasteiger charge is 2.70. The van der Waals surface area contributed by atoms with Crippen LogP contribution in [0.15, 0.2) is 0 Å². The van der Waals surface area contributed by atoms with Gasteiger partial charge in [0.1, 0.15) is 0 Å².